The number of nitrogens with two attached hydrogens (primary N) is 1. The Kier molecular flexibility index (Phi) is 12.6. The maximum atomic E-state index is 15.6. The van der Waals surface area contributed by atoms with Crippen LogP contribution >= 0.6 is 11.6 Å². The van der Waals surface area contributed by atoms with Gasteiger partial charge in [-0.1, -0.05) is 29.8 Å². The Morgan fingerprint density at radius 3 is 2.31 bits per heavy atom. The van der Waals surface area contributed by atoms with Crippen molar-refractivity contribution >= 4 is 39.3 Å². The molecule has 2 aliphatic heterocycles. The van der Waals surface area contributed by atoms with Crippen LogP contribution in [0.3, 0.4) is 0 Å². The van der Waals surface area contributed by atoms with Crippen LogP contribution in [0.4, 0.5) is 19.3 Å². The number of hydrogen-bond acceptors (Lipinski definition) is 7. The summed E-state index contributed by atoms with van der Waals surface area (Å²) in [5.41, 5.74) is 7.15. The zero-order valence-corrected chi connectivity index (χ0v) is 31.4. The molecular weight excluding hydrogens is 714 g/mol. The molecule has 282 valence electrons. The summed E-state index contributed by atoms with van der Waals surface area (Å²) in [7, 11) is -4.18. The van der Waals surface area contributed by atoms with Gasteiger partial charge in [0.05, 0.1) is 10.9 Å². The highest BCUT2D eigenvalue weighted by atomic mass is 35.5. The van der Waals surface area contributed by atoms with E-state index in [0.29, 0.717) is 18.2 Å². The molecule has 0 radical (unpaired) electrons. The van der Waals surface area contributed by atoms with Crippen molar-refractivity contribution in [1.29, 1.82) is 0 Å². The first-order chi connectivity index (χ1) is 24.5. The minimum atomic E-state index is -4.18. The molecule has 3 N–H and O–H groups in total. The van der Waals surface area contributed by atoms with Gasteiger partial charge in [0.2, 0.25) is 15.9 Å². The Bertz CT molecular complexity index is 1820. The number of carbonyl (C=O) groups is 2. The average molecular weight is 761 g/mol. The van der Waals surface area contributed by atoms with Crippen molar-refractivity contribution in [2.24, 2.45) is 11.7 Å². The van der Waals surface area contributed by atoms with Crippen LogP contribution in [0.15, 0.2) is 71.6 Å². The second-order valence-electron chi connectivity index (χ2n) is 14.5. The Hall–Kier alpha value is -3.62. The van der Waals surface area contributed by atoms with Crippen molar-refractivity contribution in [3.05, 3.63) is 94.5 Å². The Labute approximate surface area is 309 Å². The lowest BCUT2D eigenvalue weighted by atomic mass is 9.76. The third-order valence-corrected chi connectivity index (χ3v) is 11.9. The quantitative estimate of drug-likeness (QED) is 0.235. The largest absolute Gasteiger partial charge is 0.444 e. The number of sulfonamides is 1. The number of carbonyl (C=O) groups excluding carboxylic acids is 2. The fraction of sp³-hybridized carbons (Fsp3) is 0.474. The van der Waals surface area contributed by atoms with Crippen LogP contribution in [-0.4, -0.2) is 79.7 Å². The molecule has 2 aliphatic rings. The van der Waals surface area contributed by atoms with Crippen LogP contribution in [-0.2, 0) is 30.7 Å². The Morgan fingerprint density at radius 1 is 1.02 bits per heavy atom. The fourth-order valence-corrected chi connectivity index (χ4v) is 9.13. The van der Waals surface area contributed by atoms with Gasteiger partial charge < -0.3 is 25.4 Å². The topological polar surface area (TPSA) is 131 Å². The number of anilines is 1. The zero-order valence-electron chi connectivity index (χ0n) is 29.9. The summed E-state index contributed by atoms with van der Waals surface area (Å²) in [6.07, 6.45) is 0.923. The smallest absolute Gasteiger partial charge is 0.410 e. The minimum absolute atomic E-state index is 0.00703. The summed E-state index contributed by atoms with van der Waals surface area (Å²) in [6, 6.07) is 13.6. The third kappa shape index (κ3) is 9.48. The lowest BCUT2D eigenvalue weighted by Crippen LogP contribution is -2.61. The van der Waals surface area contributed by atoms with E-state index < -0.39 is 57.4 Å². The molecule has 0 aliphatic carbocycles. The number of benzene rings is 3. The van der Waals surface area contributed by atoms with E-state index in [-0.39, 0.29) is 53.9 Å². The standard InChI is InChI=1S/C38H47ClF2N4O6S/c1-24-22-44(37(47)51-38(2,3)4)23-29(45(24)52(48,49)30-15-12-28(40)13-16-30)14-17-31-32(41)6-5-7-33(31)43-36(46)35(42)34(26-18-20-50-21-19-26)25-8-10-27(39)11-9-25/h5-13,15-16,24,26,29,34-35H,14,17-23,42H2,1-4H3,(H,43,46)/t24-,29+,34?,35+/m1/s1. The van der Waals surface area contributed by atoms with Gasteiger partial charge in [0.25, 0.3) is 0 Å². The van der Waals surface area contributed by atoms with Crippen molar-refractivity contribution in [3.8, 4) is 0 Å². The molecule has 2 fully saturated rings. The molecule has 2 heterocycles. The second kappa shape index (κ2) is 16.6. The SMILES string of the molecule is C[C@@H]1CN(C(=O)OC(C)(C)C)C[C@H](CCc2c(F)cccc2NC(=O)[C@@H](N)C(c2ccc(Cl)cc2)C2CCOCC2)N1S(=O)(=O)c1ccc(F)cc1. The number of nitrogens with zero attached hydrogens (tertiary/aromatic N) is 2. The lowest BCUT2D eigenvalue weighted by molar-refractivity contribution is -0.118. The number of hydrogen-bond donors (Lipinski definition) is 2. The molecule has 14 heteroatoms. The molecule has 0 spiro atoms. The van der Waals surface area contributed by atoms with Gasteiger partial charge in [0.15, 0.2) is 0 Å². The molecule has 0 bridgehead atoms. The minimum Gasteiger partial charge on any atom is -0.444 e. The predicted molar refractivity (Wildman–Crippen MR) is 196 cm³/mol. The van der Waals surface area contributed by atoms with Crippen molar-refractivity contribution in [2.45, 2.75) is 87.9 Å². The highest BCUT2D eigenvalue weighted by Crippen LogP contribution is 2.36. The Balaban J connectivity index is 1.41. The maximum absolute atomic E-state index is 15.6. The lowest BCUT2D eigenvalue weighted by Gasteiger charge is -2.44. The summed E-state index contributed by atoms with van der Waals surface area (Å²) in [5, 5.41) is 3.42. The molecule has 4 atom stereocenters. The molecule has 3 aromatic carbocycles. The van der Waals surface area contributed by atoms with Crippen LogP contribution in [0.5, 0.6) is 0 Å². The summed E-state index contributed by atoms with van der Waals surface area (Å²) >= 11 is 6.16. The number of nitrogens with one attached hydrogen (secondary N) is 1. The van der Waals surface area contributed by atoms with Gasteiger partial charge in [-0.3, -0.25) is 4.79 Å². The number of ether oxygens (including phenoxy) is 2. The summed E-state index contributed by atoms with van der Waals surface area (Å²) in [5.74, 6) is -1.96. The van der Waals surface area contributed by atoms with Gasteiger partial charge in [-0.15, -0.1) is 0 Å². The first kappa shape index (κ1) is 39.6. The van der Waals surface area contributed by atoms with Crippen molar-refractivity contribution in [1.82, 2.24) is 9.21 Å². The Morgan fingerprint density at radius 2 is 1.67 bits per heavy atom. The molecule has 0 aromatic heterocycles. The molecule has 2 saturated heterocycles. The zero-order chi connectivity index (χ0) is 37.8. The molecule has 52 heavy (non-hydrogen) atoms. The van der Waals surface area contributed by atoms with Gasteiger partial charge in [-0.05, 0) is 113 Å². The highest BCUT2D eigenvalue weighted by Gasteiger charge is 2.43. The predicted octanol–water partition coefficient (Wildman–Crippen LogP) is 6.73. The van der Waals surface area contributed by atoms with Gasteiger partial charge in [-0.2, -0.15) is 4.31 Å². The van der Waals surface area contributed by atoms with E-state index in [4.69, 9.17) is 26.8 Å². The van der Waals surface area contributed by atoms with E-state index in [1.54, 1.807) is 45.9 Å². The fourth-order valence-electron chi connectivity index (χ4n) is 7.18. The highest BCUT2D eigenvalue weighted by molar-refractivity contribution is 7.89. The molecule has 2 amide bonds. The third-order valence-electron chi connectivity index (χ3n) is 9.57. The summed E-state index contributed by atoms with van der Waals surface area (Å²) in [4.78, 5) is 28.4. The van der Waals surface area contributed by atoms with E-state index in [0.717, 1.165) is 30.5 Å². The van der Waals surface area contributed by atoms with Crippen LogP contribution in [0.25, 0.3) is 0 Å². The van der Waals surface area contributed by atoms with Crippen molar-refractivity contribution in [3.63, 3.8) is 0 Å². The number of piperazine rings is 1. The second-order valence-corrected chi connectivity index (χ2v) is 16.8. The van der Waals surface area contributed by atoms with E-state index in [1.165, 1.54) is 33.5 Å². The monoisotopic (exact) mass is 760 g/mol. The molecule has 5 rings (SSSR count). The summed E-state index contributed by atoms with van der Waals surface area (Å²) < 4.78 is 69.9. The first-order valence-electron chi connectivity index (χ1n) is 17.5. The molecule has 10 nitrogen and oxygen atoms in total. The number of amides is 2. The number of rotatable bonds is 10. The van der Waals surface area contributed by atoms with Crippen molar-refractivity contribution < 1.29 is 36.3 Å². The molecule has 0 saturated carbocycles. The van der Waals surface area contributed by atoms with E-state index in [9.17, 15) is 22.4 Å². The number of halogens is 3. The van der Waals surface area contributed by atoms with Gasteiger partial charge in [0, 0.05) is 60.6 Å². The maximum Gasteiger partial charge on any atom is 0.410 e. The van der Waals surface area contributed by atoms with Gasteiger partial charge >= 0.3 is 6.09 Å². The normalized spacial score (nSPS) is 20.3. The molecular formula is C38H47ClF2N4O6S. The van der Waals surface area contributed by atoms with Gasteiger partial charge in [0.1, 0.15) is 17.2 Å². The van der Waals surface area contributed by atoms with E-state index >= 15 is 4.39 Å². The van der Waals surface area contributed by atoms with Crippen molar-refractivity contribution in [2.75, 3.05) is 31.6 Å². The van der Waals surface area contributed by atoms with Crippen LogP contribution in [0.1, 0.15) is 64.0 Å². The average Bonchev–Trinajstić information content (AvgIpc) is 3.08. The van der Waals surface area contributed by atoms with E-state index in [1.807, 2.05) is 12.1 Å². The first-order valence-corrected chi connectivity index (χ1v) is 19.3. The van der Waals surface area contributed by atoms with Crippen LogP contribution in [0, 0.1) is 17.6 Å². The van der Waals surface area contributed by atoms with E-state index in [2.05, 4.69) is 5.32 Å². The molecule has 3 aromatic rings. The van der Waals surface area contributed by atoms with Crippen LogP contribution < -0.4 is 11.1 Å². The summed E-state index contributed by atoms with van der Waals surface area (Å²) in [6.45, 7) is 8.01. The van der Waals surface area contributed by atoms with Crippen LogP contribution in [0.2, 0.25) is 5.02 Å². The van der Waals surface area contributed by atoms with Gasteiger partial charge in [-0.25, -0.2) is 22.0 Å². The molecule has 1 unspecified atom stereocenters.